The van der Waals surface area contributed by atoms with E-state index in [0.717, 1.165) is 44.9 Å². The number of Topliss-reactive ketones (excluding diaryl/α,β-unsaturated/α-hetero) is 1. The van der Waals surface area contributed by atoms with Crippen molar-refractivity contribution in [2.24, 2.45) is 56.7 Å². The first-order chi connectivity index (χ1) is 16.8. The van der Waals surface area contributed by atoms with E-state index in [2.05, 4.69) is 54.5 Å². The minimum atomic E-state index is -0.215. The third kappa shape index (κ3) is 3.33. The van der Waals surface area contributed by atoms with Crippen molar-refractivity contribution in [1.82, 2.24) is 0 Å². The molecule has 0 radical (unpaired) electrons. The summed E-state index contributed by atoms with van der Waals surface area (Å²) in [5.74, 6) is 3.18. The first-order valence-electron chi connectivity index (χ1n) is 15.3. The number of carbonyl (C=O) groups is 1. The SMILES string of the molecule is C[C@H]1[C@H](C)CC[C@]2(C(=O)CCCO)CC[C@]3(C)C(=CC[C@@H]4[C@@]5(C)CC[C@H](O)C(C)(C)[C@@H]5CC[C@]43C)[C@H]12. The van der Waals surface area contributed by atoms with Gasteiger partial charge in [0.1, 0.15) is 5.78 Å². The largest absolute Gasteiger partial charge is 0.396 e. The minimum absolute atomic E-state index is 0.0205. The molecule has 0 spiro atoms. The minimum Gasteiger partial charge on any atom is -0.396 e. The van der Waals surface area contributed by atoms with Gasteiger partial charge in [0.25, 0.3) is 0 Å². The molecule has 5 rings (SSSR count). The lowest BCUT2D eigenvalue weighted by atomic mass is 9.33. The Morgan fingerprint density at radius 3 is 2.36 bits per heavy atom. The number of carbonyl (C=O) groups excluding carboxylic acids is 1. The Bertz CT molecular complexity index is 920. The van der Waals surface area contributed by atoms with Crippen LogP contribution >= 0.6 is 0 Å². The zero-order chi connectivity index (χ0) is 26.3. The van der Waals surface area contributed by atoms with Crippen LogP contribution in [-0.2, 0) is 4.79 Å². The summed E-state index contributed by atoms with van der Waals surface area (Å²) < 4.78 is 0. The van der Waals surface area contributed by atoms with Crippen molar-refractivity contribution < 1.29 is 15.0 Å². The summed E-state index contributed by atoms with van der Waals surface area (Å²) in [5.41, 5.74) is 2.04. The van der Waals surface area contributed by atoms with E-state index in [1.165, 1.54) is 12.8 Å². The molecular weight excluding hydrogens is 444 g/mol. The Hall–Kier alpha value is -0.670. The van der Waals surface area contributed by atoms with Gasteiger partial charge in [0, 0.05) is 18.4 Å². The van der Waals surface area contributed by atoms with Crippen molar-refractivity contribution in [2.75, 3.05) is 6.61 Å². The van der Waals surface area contributed by atoms with Crippen molar-refractivity contribution in [3.05, 3.63) is 11.6 Å². The number of aliphatic hydroxyl groups excluding tert-OH is 2. The molecule has 5 aliphatic rings. The predicted molar refractivity (Wildman–Crippen MR) is 146 cm³/mol. The molecule has 0 bridgehead atoms. The number of fused-ring (bicyclic) bond motifs is 7. The van der Waals surface area contributed by atoms with Gasteiger partial charge in [0.05, 0.1) is 6.10 Å². The van der Waals surface area contributed by atoms with Crippen LogP contribution < -0.4 is 0 Å². The molecule has 0 aliphatic heterocycles. The van der Waals surface area contributed by atoms with E-state index in [9.17, 15) is 15.0 Å². The fourth-order valence-electron chi connectivity index (χ4n) is 11.4. The van der Waals surface area contributed by atoms with Crippen LogP contribution in [0, 0.1) is 56.7 Å². The van der Waals surface area contributed by atoms with Crippen molar-refractivity contribution in [1.29, 1.82) is 0 Å². The molecule has 0 unspecified atom stereocenters. The van der Waals surface area contributed by atoms with Crippen LogP contribution in [0.5, 0.6) is 0 Å². The lowest BCUT2D eigenvalue weighted by Gasteiger charge is -2.71. The summed E-state index contributed by atoms with van der Waals surface area (Å²) in [7, 11) is 0. The van der Waals surface area contributed by atoms with E-state index in [1.807, 2.05) is 0 Å². The van der Waals surface area contributed by atoms with E-state index < -0.39 is 0 Å². The molecule has 4 saturated carbocycles. The summed E-state index contributed by atoms with van der Waals surface area (Å²) >= 11 is 0. The molecule has 5 aliphatic carbocycles. The molecule has 36 heavy (non-hydrogen) atoms. The molecule has 204 valence electrons. The lowest BCUT2D eigenvalue weighted by Crippen LogP contribution is -2.65. The summed E-state index contributed by atoms with van der Waals surface area (Å²) in [6.45, 7) is 17.4. The highest BCUT2D eigenvalue weighted by atomic mass is 16.3. The average molecular weight is 499 g/mol. The molecule has 10 atom stereocenters. The van der Waals surface area contributed by atoms with Crippen LogP contribution in [-0.4, -0.2) is 28.7 Å². The first kappa shape index (κ1) is 26.9. The number of rotatable bonds is 4. The summed E-state index contributed by atoms with van der Waals surface area (Å²) in [6.07, 6.45) is 13.6. The van der Waals surface area contributed by atoms with E-state index in [1.54, 1.807) is 5.57 Å². The smallest absolute Gasteiger partial charge is 0.139 e. The van der Waals surface area contributed by atoms with Gasteiger partial charge in [-0.3, -0.25) is 4.79 Å². The second kappa shape index (κ2) is 8.67. The van der Waals surface area contributed by atoms with Gasteiger partial charge in [-0.2, -0.15) is 0 Å². The summed E-state index contributed by atoms with van der Waals surface area (Å²) in [4.78, 5) is 13.9. The van der Waals surface area contributed by atoms with Crippen LogP contribution in [0.15, 0.2) is 11.6 Å². The molecular formula is C33H54O3. The number of hydrogen-bond acceptors (Lipinski definition) is 3. The summed E-state index contributed by atoms with van der Waals surface area (Å²) in [5, 5.41) is 20.4. The monoisotopic (exact) mass is 498 g/mol. The normalized spacial score (nSPS) is 51.8. The Labute approximate surface area is 220 Å². The van der Waals surface area contributed by atoms with Crippen LogP contribution in [0.3, 0.4) is 0 Å². The predicted octanol–water partition coefficient (Wildman–Crippen LogP) is 7.35. The maximum atomic E-state index is 13.9. The average Bonchev–Trinajstić information content (AvgIpc) is 2.83. The summed E-state index contributed by atoms with van der Waals surface area (Å²) in [6, 6.07) is 0. The first-order valence-corrected chi connectivity index (χ1v) is 15.3. The van der Waals surface area contributed by atoms with Gasteiger partial charge >= 0.3 is 0 Å². The standard InChI is InChI=1S/C33H54O3/c1-21-12-17-33(27(36)9-8-20-34)19-18-31(6)23(28(33)22(21)2)10-11-25-30(5)15-14-26(35)29(3,4)24(30)13-16-32(25,31)7/h10,21-22,24-26,28,34-35H,8-9,11-20H2,1-7H3/t21-,22+,24+,25-,26+,28+,30+,31-,32-,33-/m1/s1. The highest BCUT2D eigenvalue weighted by molar-refractivity contribution is 5.86. The van der Waals surface area contributed by atoms with Crippen molar-refractivity contribution in [3.63, 3.8) is 0 Å². The zero-order valence-corrected chi connectivity index (χ0v) is 24.3. The van der Waals surface area contributed by atoms with Gasteiger partial charge in [-0.25, -0.2) is 0 Å². The van der Waals surface area contributed by atoms with Gasteiger partial charge < -0.3 is 10.2 Å². The van der Waals surface area contributed by atoms with Crippen molar-refractivity contribution in [2.45, 2.75) is 125 Å². The molecule has 0 aromatic heterocycles. The van der Waals surface area contributed by atoms with Gasteiger partial charge in [-0.05, 0) is 115 Å². The van der Waals surface area contributed by atoms with Crippen molar-refractivity contribution in [3.8, 4) is 0 Å². The maximum absolute atomic E-state index is 13.9. The van der Waals surface area contributed by atoms with E-state index in [4.69, 9.17) is 0 Å². The zero-order valence-electron chi connectivity index (χ0n) is 24.3. The third-order valence-corrected chi connectivity index (χ3v) is 14.1. The van der Waals surface area contributed by atoms with Crippen molar-refractivity contribution >= 4 is 5.78 Å². The lowest BCUT2D eigenvalue weighted by molar-refractivity contribution is -0.204. The van der Waals surface area contributed by atoms with Crippen LogP contribution in [0.4, 0.5) is 0 Å². The molecule has 2 N–H and O–H groups in total. The highest BCUT2D eigenvalue weighted by Crippen LogP contribution is 2.75. The molecule has 0 heterocycles. The molecule has 0 saturated heterocycles. The topological polar surface area (TPSA) is 57.5 Å². The fraction of sp³-hybridized carbons (Fsp3) is 0.909. The van der Waals surface area contributed by atoms with Gasteiger partial charge in [-0.15, -0.1) is 0 Å². The molecule has 3 heteroatoms. The number of hydrogen-bond donors (Lipinski definition) is 2. The molecule has 0 aromatic rings. The van der Waals surface area contributed by atoms with Crippen LogP contribution in [0.1, 0.15) is 119 Å². The third-order valence-electron chi connectivity index (χ3n) is 14.1. The Balaban J connectivity index is 1.58. The Kier molecular flexibility index (Phi) is 6.48. The van der Waals surface area contributed by atoms with Gasteiger partial charge in [0.15, 0.2) is 0 Å². The maximum Gasteiger partial charge on any atom is 0.139 e. The quantitative estimate of drug-likeness (QED) is 0.398. The van der Waals surface area contributed by atoms with E-state index in [0.29, 0.717) is 48.2 Å². The van der Waals surface area contributed by atoms with E-state index in [-0.39, 0.29) is 39.8 Å². The van der Waals surface area contributed by atoms with Crippen LogP contribution in [0.2, 0.25) is 0 Å². The second-order valence-corrected chi connectivity index (χ2v) is 15.4. The van der Waals surface area contributed by atoms with Gasteiger partial charge in [-0.1, -0.05) is 60.1 Å². The number of ketones is 1. The van der Waals surface area contributed by atoms with E-state index >= 15 is 0 Å². The number of aliphatic hydroxyl groups is 2. The Morgan fingerprint density at radius 1 is 0.944 bits per heavy atom. The molecule has 0 aromatic carbocycles. The second-order valence-electron chi connectivity index (χ2n) is 15.4. The highest BCUT2D eigenvalue weighted by Gasteiger charge is 2.69. The number of allylic oxidation sites excluding steroid dienone is 2. The fourth-order valence-corrected chi connectivity index (χ4v) is 11.4. The Morgan fingerprint density at radius 2 is 1.67 bits per heavy atom. The van der Waals surface area contributed by atoms with Gasteiger partial charge in [0.2, 0.25) is 0 Å². The molecule has 4 fully saturated rings. The molecule has 3 nitrogen and oxygen atoms in total. The molecule has 0 amide bonds. The van der Waals surface area contributed by atoms with Crippen LogP contribution in [0.25, 0.3) is 0 Å².